The van der Waals surface area contributed by atoms with Crippen LogP contribution >= 0.6 is 0 Å². The molecular formula is C16H19N3O4S. The van der Waals surface area contributed by atoms with Gasteiger partial charge in [-0.3, -0.25) is 13.8 Å². The Morgan fingerprint density at radius 2 is 2.08 bits per heavy atom. The lowest BCUT2D eigenvalue weighted by molar-refractivity contribution is -0.137. The molecule has 0 aliphatic carbocycles. The molecular weight excluding hydrogens is 330 g/mol. The molecule has 2 heterocycles. The second kappa shape index (κ2) is 5.94. The van der Waals surface area contributed by atoms with Gasteiger partial charge in [0.2, 0.25) is 0 Å². The first-order valence-corrected chi connectivity index (χ1v) is 9.15. The van der Waals surface area contributed by atoms with Crippen molar-refractivity contribution in [3.8, 4) is 0 Å². The molecule has 128 valence electrons. The van der Waals surface area contributed by atoms with Crippen molar-refractivity contribution in [1.82, 2.24) is 9.78 Å². The zero-order valence-corrected chi connectivity index (χ0v) is 14.3. The Labute approximate surface area is 140 Å². The molecule has 0 spiro atoms. The van der Waals surface area contributed by atoms with E-state index in [4.69, 9.17) is 0 Å². The van der Waals surface area contributed by atoms with Crippen molar-refractivity contribution in [1.29, 1.82) is 0 Å². The number of anilines is 1. The summed E-state index contributed by atoms with van der Waals surface area (Å²) in [6, 6.07) is 6.51. The van der Waals surface area contributed by atoms with Gasteiger partial charge in [-0.05, 0) is 24.5 Å². The van der Waals surface area contributed by atoms with Gasteiger partial charge < -0.3 is 5.11 Å². The number of aromatic nitrogens is 2. The molecule has 0 radical (unpaired) electrons. The van der Waals surface area contributed by atoms with Gasteiger partial charge in [-0.25, -0.2) is 8.42 Å². The second-order valence-electron chi connectivity index (χ2n) is 5.85. The minimum Gasteiger partial charge on any atom is -0.481 e. The van der Waals surface area contributed by atoms with E-state index in [0.717, 1.165) is 5.56 Å². The third kappa shape index (κ3) is 2.66. The Morgan fingerprint density at radius 1 is 1.38 bits per heavy atom. The smallest absolute Gasteiger partial charge is 0.305 e. The number of carboxylic acids is 1. The van der Waals surface area contributed by atoms with Crippen LogP contribution in [0.4, 0.5) is 5.69 Å². The molecule has 0 amide bonds. The minimum atomic E-state index is -3.88. The number of hydrogen-bond donors (Lipinski definition) is 1. The van der Waals surface area contributed by atoms with Gasteiger partial charge in [0.05, 0.1) is 23.8 Å². The number of nitrogens with zero attached hydrogens (tertiary/aromatic N) is 3. The first-order valence-electron chi connectivity index (χ1n) is 7.71. The van der Waals surface area contributed by atoms with Crippen LogP contribution in [0.2, 0.25) is 0 Å². The Balaban J connectivity index is 2.14. The van der Waals surface area contributed by atoms with E-state index in [9.17, 15) is 18.3 Å². The van der Waals surface area contributed by atoms with Gasteiger partial charge in [0.15, 0.2) is 0 Å². The Kier molecular flexibility index (Phi) is 4.08. The lowest BCUT2D eigenvalue weighted by Gasteiger charge is -2.25. The summed E-state index contributed by atoms with van der Waals surface area (Å²) in [7, 11) is -2.21. The average Bonchev–Trinajstić information content (AvgIpc) is 3.06. The highest BCUT2D eigenvalue weighted by atomic mass is 32.2. The van der Waals surface area contributed by atoms with Crippen LogP contribution in [0.25, 0.3) is 0 Å². The topological polar surface area (TPSA) is 92.5 Å². The number of aryl methyl sites for hydroxylation is 2. The zero-order valence-electron chi connectivity index (χ0n) is 13.5. The summed E-state index contributed by atoms with van der Waals surface area (Å²) < 4.78 is 29.3. The van der Waals surface area contributed by atoms with Gasteiger partial charge in [-0.2, -0.15) is 5.10 Å². The standard InChI is InChI=1S/C16H19N3O4S/c1-3-13-15(10-18(2)17-13)24(22,23)19-12(9-16(20)21)8-11-6-4-5-7-14(11)19/h4-7,10,12H,3,8-9H2,1-2H3,(H,20,21)/t12-/m0/s1. The number of hydrogen-bond acceptors (Lipinski definition) is 4. The maximum absolute atomic E-state index is 13.3. The Morgan fingerprint density at radius 3 is 2.75 bits per heavy atom. The predicted molar refractivity (Wildman–Crippen MR) is 88.4 cm³/mol. The van der Waals surface area contributed by atoms with Crippen LogP contribution in [0.3, 0.4) is 0 Å². The van der Waals surface area contributed by atoms with Crippen molar-refractivity contribution in [2.24, 2.45) is 7.05 Å². The van der Waals surface area contributed by atoms with Crippen molar-refractivity contribution >= 4 is 21.7 Å². The molecule has 24 heavy (non-hydrogen) atoms. The molecule has 3 rings (SSSR count). The molecule has 2 aromatic rings. The summed E-state index contributed by atoms with van der Waals surface area (Å²) in [6.07, 6.45) is 2.11. The van der Waals surface area contributed by atoms with Crippen LogP contribution in [0.1, 0.15) is 24.6 Å². The molecule has 1 atom stereocenters. The van der Waals surface area contributed by atoms with Crippen LogP contribution in [-0.2, 0) is 34.7 Å². The summed E-state index contributed by atoms with van der Waals surface area (Å²) in [5, 5.41) is 13.4. The highest BCUT2D eigenvalue weighted by Gasteiger charge is 2.40. The number of benzene rings is 1. The number of sulfonamides is 1. The number of para-hydroxylation sites is 1. The molecule has 1 aromatic heterocycles. The monoisotopic (exact) mass is 349 g/mol. The van der Waals surface area contributed by atoms with Crippen molar-refractivity contribution < 1.29 is 18.3 Å². The second-order valence-corrected chi connectivity index (χ2v) is 7.64. The molecule has 1 N–H and O–H groups in total. The highest BCUT2D eigenvalue weighted by Crippen LogP contribution is 2.38. The normalized spacial score (nSPS) is 17.1. The van der Waals surface area contributed by atoms with E-state index in [1.807, 2.05) is 19.1 Å². The quantitative estimate of drug-likeness (QED) is 0.885. The van der Waals surface area contributed by atoms with Crippen LogP contribution in [0, 0.1) is 0 Å². The van der Waals surface area contributed by atoms with Crippen molar-refractivity contribution in [3.63, 3.8) is 0 Å². The van der Waals surface area contributed by atoms with Crippen molar-refractivity contribution in [2.75, 3.05) is 4.31 Å². The Bertz CT molecular complexity index is 888. The van der Waals surface area contributed by atoms with Crippen molar-refractivity contribution in [2.45, 2.75) is 37.1 Å². The van der Waals surface area contributed by atoms with Gasteiger partial charge in [0, 0.05) is 13.2 Å². The Hall–Kier alpha value is -2.35. The third-order valence-electron chi connectivity index (χ3n) is 4.17. The molecule has 0 saturated heterocycles. The fourth-order valence-electron chi connectivity index (χ4n) is 3.19. The molecule has 8 heteroatoms. The number of aliphatic carboxylic acids is 1. The van der Waals surface area contributed by atoms with Crippen LogP contribution in [-0.4, -0.2) is 35.3 Å². The predicted octanol–water partition coefficient (Wildman–Crippen LogP) is 1.58. The number of carboxylic acid groups (broad SMARTS) is 1. The first kappa shape index (κ1) is 16.5. The molecule has 0 bridgehead atoms. The molecule has 7 nitrogen and oxygen atoms in total. The van der Waals surface area contributed by atoms with E-state index < -0.39 is 22.0 Å². The van der Waals surface area contributed by atoms with E-state index >= 15 is 0 Å². The summed E-state index contributed by atoms with van der Waals surface area (Å²) in [6.45, 7) is 1.84. The van der Waals surface area contributed by atoms with E-state index in [-0.39, 0.29) is 11.3 Å². The van der Waals surface area contributed by atoms with Gasteiger partial charge in [0.1, 0.15) is 4.90 Å². The summed E-state index contributed by atoms with van der Waals surface area (Å²) in [5.41, 5.74) is 1.87. The summed E-state index contributed by atoms with van der Waals surface area (Å²) in [5.74, 6) is -1.02. The molecule has 0 fully saturated rings. The molecule has 0 unspecified atom stereocenters. The largest absolute Gasteiger partial charge is 0.481 e. The molecule has 1 aromatic carbocycles. The maximum Gasteiger partial charge on any atom is 0.305 e. The lowest BCUT2D eigenvalue weighted by Crippen LogP contribution is -2.39. The van der Waals surface area contributed by atoms with Crippen LogP contribution in [0.5, 0.6) is 0 Å². The summed E-state index contributed by atoms with van der Waals surface area (Å²) >= 11 is 0. The highest BCUT2D eigenvalue weighted by molar-refractivity contribution is 7.93. The minimum absolute atomic E-state index is 0.139. The zero-order chi connectivity index (χ0) is 17.5. The number of rotatable bonds is 5. The van der Waals surface area contributed by atoms with Crippen LogP contribution in [0.15, 0.2) is 35.4 Å². The lowest BCUT2D eigenvalue weighted by atomic mass is 10.1. The third-order valence-corrected chi connectivity index (χ3v) is 6.07. The molecule has 1 aliphatic rings. The van der Waals surface area contributed by atoms with Gasteiger partial charge >= 0.3 is 5.97 Å². The molecule has 1 aliphatic heterocycles. The van der Waals surface area contributed by atoms with E-state index in [1.54, 1.807) is 19.2 Å². The maximum atomic E-state index is 13.3. The van der Waals surface area contributed by atoms with Gasteiger partial charge in [0.25, 0.3) is 10.0 Å². The number of carbonyl (C=O) groups is 1. The number of fused-ring (bicyclic) bond motifs is 1. The molecule has 0 saturated carbocycles. The SMILES string of the molecule is CCc1nn(C)cc1S(=O)(=O)N1c2ccccc2C[C@H]1CC(=O)O. The van der Waals surface area contributed by atoms with Crippen LogP contribution < -0.4 is 4.31 Å². The van der Waals surface area contributed by atoms with E-state index in [1.165, 1.54) is 15.2 Å². The first-order chi connectivity index (χ1) is 11.3. The average molecular weight is 349 g/mol. The fourth-order valence-corrected chi connectivity index (χ4v) is 5.15. The van der Waals surface area contributed by atoms with E-state index in [2.05, 4.69) is 5.10 Å². The fraction of sp³-hybridized carbons (Fsp3) is 0.375. The van der Waals surface area contributed by atoms with Gasteiger partial charge in [-0.1, -0.05) is 25.1 Å². The van der Waals surface area contributed by atoms with Crippen molar-refractivity contribution in [3.05, 3.63) is 41.7 Å². The van der Waals surface area contributed by atoms with Gasteiger partial charge in [-0.15, -0.1) is 0 Å². The summed E-state index contributed by atoms with van der Waals surface area (Å²) in [4.78, 5) is 11.3. The van der Waals surface area contributed by atoms with E-state index in [0.29, 0.717) is 24.2 Å².